The Hall–Kier alpha value is -1.53. The highest BCUT2D eigenvalue weighted by Gasteiger charge is 2.09. The van der Waals surface area contributed by atoms with Crippen molar-refractivity contribution in [1.29, 1.82) is 5.41 Å². The van der Waals surface area contributed by atoms with E-state index in [9.17, 15) is 0 Å². The smallest absolute Gasteiger partial charge is 0.122 e. The highest BCUT2D eigenvalue weighted by Crippen LogP contribution is 2.23. The number of hydrogen-bond acceptors (Lipinski definition) is 4. The second kappa shape index (κ2) is 3.56. The van der Waals surface area contributed by atoms with E-state index < -0.39 is 0 Å². The SMILES string of the molecule is Cc1nn2ccc(C(=N)N)cc2c1SN. The molecule has 0 atom stereocenters. The molecule has 15 heavy (non-hydrogen) atoms. The van der Waals surface area contributed by atoms with E-state index in [0.29, 0.717) is 5.56 Å². The van der Waals surface area contributed by atoms with Crippen LogP contribution in [-0.2, 0) is 0 Å². The van der Waals surface area contributed by atoms with Crippen LogP contribution < -0.4 is 10.9 Å². The van der Waals surface area contributed by atoms with Gasteiger partial charge >= 0.3 is 0 Å². The minimum Gasteiger partial charge on any atom is -0.384 e. The molecule has 0 saturated heterocycles. The van der Waals surface area contributed by atoms with Crippen LogP contribution >= 0.6 is 11.9 Å². The van der Waals surface area contributed by atoms with Crippen molar-refractivity contribution in [2.45, 2.75) is 11.8 Å². The molecule has 2 heterocycles. The van der Waals surface area contributed by atoms with Gasteiger partial charge in [0.15, 0.2) is 0 Å². The number of nitrogens with zero attached hydrogens (tertiary/aromatic N) is 2. The van der Waals surface area contributed by atoms with Crippen molar-refractivity contribution in [1.82, 2.24) is 9.61 Å². The van der Waals surface area contributed by atoms with Crippen molar-refractivity contribution in [3.8, 4) is 0 Å². The van der Waals surface area contributed by atoms with Crippen molar-refractivity contribution >= 4 is 23.3 Å². The number of aromatic nitrogens is 2. The number of pyridine rings is 1. The van der Waals surface area contributed by atoms with Crippen LogP contribution in [0.5, 0.6) is 0 Å². The van der Waals surface area contributed by atoms with Gasteiger partial charge in [0, 0.05) is 11.8 Å². The Balaban J connectivity index is 2.73. The molecule has 5 N–H and O–H groups in total. The van der Waals surface area contributed by atoms with Gasteiger partial charge in [0.05, 0.1) is 16.1 Å². The second-order valence-corrected chi connectivity index (χ2v) is 3.84. The van der Waals surface area contributed by atoms with E-state index >= 15 is 0 Å². The summed E-state index contributed by atoms with van der Waals surface area (Å²) >= 11 is 1.16. The van der Waals surface area contributed by atoms with E-state index in [1.54, 1.807) is 16.8 Å². The summed E-state index contributed by atoms with van der Waals surface area (Å²) in [6.45, 7) is 1.90. The molecule has 0 spiro atoms. The molecule has 5 nitrogen and oxygen atoms in total. The molecule has 0 aliphatic heterocycles. The lowest BCUT2D eigenvalue weighted by molar-refractivity contribution is 0.931. The minimum atomic E-state index is 0.0457. The van der Waals surface area contributed by atoms with Crippen LogP contribution in [0.1, 0.15) is 11.3 Å². The van der Waals surface area contributed by atoms with Gasteiger partial charge in [-0.15, -0.1) is 0 Å². The van der Waals surface area contributed by atoms with Gasteiger partial charge in [-0.05, 0) is 31.0 Å². The highest BCUT2D eigenvalue weighted by molar-refractivity contribution is 7.97. The van der Waals surface area contributed by atoms with Crippen molar-refractivity contribution in [2.24, 2.45) is 10.9 Å². The zero-order valence-corrected chi connectivity index (χ0v) is 9.01. The average Bonchev–Trinajstić information content (AvgIpc) is 2.51. The molecular formula is C9H11N5S. The number of hydrogen-bond donors (Lipinski definition) is 3. The maximum absolute atomic E-state index is 7.36. The lowest BCUT2D eigenvalue weighted by atomic mass is 10.2. The summed E-state index contributed by atoms with van der Waals surface area (Å²) in [5, 5.41) is 17.2. The fraction of sp³-hybridized carbons (Fsp3) is 0.111. The number of nitrogen functional groups attached to an aromatic ring is 1. The Bertz CT molecular complexity index is 531. The van der Waals surface area contributed by atoms with E-state index in [2.05, 4.69) is 5.10 Å². The van der Waals surface area contributed by atoms with Crippen LogP contribution in [0.4, 0.5) is 0 Å². The molecule has 0 bridgehead atoms. The van der Waals surface area contributed by atoms with E-state index in [-0.39, 0.29) is 5.84 Å². The van der Waals surface area contributed by atoms with Crippen LogP contribution in [0.15, 0.2) is 23.2 Å². The minimum absolute atomic E-state index is 0.0457. The molecule has 0 aliphatic rings. The largest absolute Gasteiger partial charge is 0.384 e. The fourth-order valence-corrected chi connectivity index (χ4v) is 1.94. The van der Waals surface area contributed by atoms with E-state index in [4.69, 9.17) is 16.3 Å². The molecule has 78 valence electrons. The summed E-state index contributed by atoms with van der Waals surface area (Å²) in [6.07, 6.45) is 1.78. The second-order valence-electron chi connectivity index (χ2n) is 3.19. The zero-order valence-electron chi connectivity index (χ0n) is 8.19. The van der Waals surface area contributed by atoms with Crippen LogP contribution in [0.3, 0.4) is 0 Å². The topological polar surface area (TPSA) is 93.2 Å². The quantitative estimate of drug-likeness (QED) is 0.399. The molecule has 2 aromatic rings. The molecule has 2 rings (SSSR count). The molecule has 0 amide bonds. The van der Waals surface area contributed by atoms with Crippen molar-refractivity contribution < 1.29 is 0 Å². The first-order valence-electron chi connectivity index (χ1n) is 4.33. The predicted molar refractivity (Wildman–Crippen MR) is 61.0 cm³/mol. The number of aryl methyl sites for hydroxylation is 1. The Morgan fingerprint density at radius 3 is 2.93 bits per heavy atom. The third-order valence-electron chi connectivity index (χ3n) is 2.18. The maximum atomic E-state index is 7.36. The molecule has 0 radical (unpaired) electrons. The van der Waals surface area contributed by atoms with Gasteiger partial charge < -0.3 is 5.73 Å². The van der Waals surface area contributed by atoms with Crippen molar-refractivity contribution in [3.05, 3.63) is 29.6 Å². The standard InChI is InChI=1S/C9H11N5S/c1-5-8(15-12)7-4-6(9(10)11)2-3-14(7)13-5/h2-4H,12H2,1H3,(H3,10,11). The number of fused-ring (bicyclic) bond motifs is 1. The number of rotatable bonds is 2. The van der Waals surface area contributed by atoms with Crippen LogP contribution in [-0.4, -0.2) is 15.4 Å². The average molecular weight is 221 g/mol. The van der Waals surface area contributed by atoms with Gasteiger partial charge in [-0.25, -0.2) is 4.52 Å². The predicted octanol–water partition coefficient (Wildman–Crippen LogP) is 0.893. The first kappa shape index (κ1) is 10.0. The molecule has 2 aromatic heterocycles. The van der Waals surface area contributed by atoms with Gasteiger partial charge in [-0.2, -0.15) is 5.10 Å². The molecule has 0 aromatic carbocycles. The molecule has 0 unspecified atom stereocenters. The van der Waals surface area contributed by atoms with Crippen LogP contribution in [0, 0.1) is 12.3 Å². The highest BCUT2D eigenvalue weighted by atomic mass is 32.2. The normalized spacial score (nSPS) is 10.8. The molecule has 0 aliphatic carbocycles. The third-order valence-corrected chi connectivity index (χ3v) is 2.92. The monoisotopic (exact) mass is 221 g/mol. The van der Waals surface area contributed by atoms with E-state index in [1.807, 2.05) is 13.0 Å². The van der Waals surface area contributed by atoms with Gasteiger partial charge in [-0.1, -0.05) is 0 Å². The first-order chi connectivity index (χ1) is 7.13. The Morgan fingerprint density at radius 2 is 2.33 bits per heavy atom. The lowest BCUT2D eigenvalue weighted by Crippen LogP contribution is -2.11. The maximum Gasteiger partial charge on any atom is 0.122 e. The van der Waals surface area contributed by atoms with Crippen molar-refractivity contribution in [3.63, 3.8) is 0 Å². The van der Waals surface area contributed by atoms with Crippen LogP contribution in [0.2, 0.25) is 0 Å². The van der Waals surface area contributed by atoms with E-state index in [0.717, 1.165) is 28.1 Å². The Morgan fingerprint density at radius 1 is 1.60 bits per heavy atom. The summed E-state index contributed by atoms with van der Waals surface area (Å²) < 4.78 is 1.73. The number of amidine groups is 1. The Kier molecular flexibility index (Phi) is 2.37. The summed E-state index contributed by atoms with van der Waals surface area (Å²) in [5.41, 5.74) is 7.86. The van der Waals surface area contributed by atoms with Crippen molar-refractivity contribution in [2.75, 3.05) is 0 Å². The molecule has 6 heteroatoms. The molecule has 0 saturated carbocycles. The number of nitrogens with one attached hydrogen (secondary N) is 1. The number of nitrogens with two attached hydrogens (primary N) is 2. The first-order valence-corrected chi connectivity index (χ1v) is 5.21. The molecular weight excluding hydrogens is 210 g/mol. The van der Waals surface area contributed by atoms with E-state index in [1.165, 1.54) is 0 Å². The summed E-state index contributed by atoms with van der Waals surface area (Å²) in [5.74, 6) is 0.0457. The van der Waals surface area contributed by atoms with Gasteiger partial charge in [0.25, 0.3) is 0 Å². The van der Waals surface area contributed by atoms with Gasteiger partial charge in [-0.3, -0.25) is 10.5 Å². The third kappa shape index (κ3) is 1.57. The summed E-state index contributed by atoms with van der Waals surface area (Å²) in [6, 6.07) is 3.57. The fourth-order valence-electron chi connectivity index (χ4n) is 1.46. The van der Waals surface area contributed by atoms with Gasteiger partial charge in [0.1, 0.15) is 5.84 Å². The van der Waals surface area contributed by atoms with Gasteiger partial charge in [0.2, 0.25) is 0 Å². The summed E-state index contributed by atoms with van der Waals surface area (Å²) in [4.78, 5) is 0.915. The molecule has 0 fully saturated rings. The Labute approximate surface area is 91.1 Å². The lowest BCUT2D eigenvalue weighted by Gasteiger charge is -1.99. The summed E-state index contributed by atoms with van der Waals surface area (Å²) in [7, 11) is 0. The van der Waals surface area contributed by atoms with Crippen LogP contribution in [0.25, 0.3) is 5.52 Å². The zero-order chi connectivity index (χ0) is 11.0.